The monoisotopic (exact) mass is 369 g/mol. The van der Waals surface area contributed by atoms with Gasteiger partial charge in [-0.25, -0.2) is 4.79 Å². The highest BCUT2D eigenvalue weighted by atomic mass is 35.5. The summed E-state index contributed by atoms with van der Waals surface area (Å²) < 4.78 is 5.29. The third kappa shape index (κ3) is 4.14. The van der Waals surface area contributed by atoms with Crippen LogP contribution in [0.3, 0.4) is 0 Å². The lowest BCUT2D eigenvalue weighted by molar-refractivity contribution is -0.141. The largest absolute Gasteiger partial charge is 0.494 e. The molecule has 1 unspecified atom stereocenters. The molecule has 3 amide bonds. The Kier molecular flexibility index (Phi) is 5.73. The van der Waals surface area contributed by atoms with Crippen LogP contribution in [-0.4, -0.2) is 67.1 Å². The van der Waals surface area contributed by atoms with Crippen LogP contribution < -0.4 is 10.1 Å². The smallest absolute Gasteiger partial charge is 0.321 e. The third-order valence-electron chi connectivity index (χ3n) is 3.96. The first kappa shape index (κ1) is 18.9. The molecule has 2 rings (SSSR count). The van der Waals surface area contributed by atoms with Gasteiger partial charge in [-0.2, -0.15) is 0 Å². The standard InChI is InChI=1S/C16H20ClN3O5/c1-19(2)14(21)11-6-10(17)7-12(13(11)25-3)18-16(24)20-5-4-9(8-20)15(22)23/h6-7,9H,4-5,8H2,1-3H3,(H,18,24)(H,22,23). The van der Waals surface area contributed by atoms with Crippen molar-refractivity contribution in [2.45, 2.75) is 6.42 Å². The fourth-order valence-corrected chi connectivity index (χ4v) is 2.86. The van der Waals surface area contributed by atoms with Crippen molar-refractivity contribution in [3.05, 3.63) is 22.7 Å². The Hall–Kier alpha value is -2.48. The second-order valence-corrected chi connectivity index (χ2v) is 6.37. The van der Waals surface area contributed by atoms with Crippen molar-refractivity contribution in [2.75, 3.05) is 39.6 Å². The molecule has 1 fully saturated rings. The number of carboxylic acids is 1. The van der Waals surface area contributed by atoms with E-state index in [9.17, 15) is 14.4 Å². The second-order valence-electron chi connectivity index (χ2n) is 5.93. The topological polar surface area (TPSA) is 99.2 Å². The molecule has 25 heavy (non-hydrogen) atoms. The predicted octanol–water partition coefficient (Wildman–Crippen LogP) is 1.99. The maximum Gasteiger partial charge on any atom is 0.321 e. The zero-order valence-corrected chi connectivity index (χ0v) is 15.0. The van der Waals surface area contributed by atoms with E-state index in [2.05, 4.69) is 5.32 Å². The molecule has 0 radical (unpaired) electrons. The number of carbonyl (C=O) groups is 3. The van der Waals surface area contributed by atoms with E-state index < -0.39 is 17.9 Å². The van der Waals surface area contributed by atoms with Crippen LogP contribution in [0.4, 0.5) is 10.5 Å². The highest BCUT2D eigenvalue weighted by Crippen LogP contribution is 2.34. The average molecular weight is 370 g/mol. The quantitative estimate of drug-likeness (QED) is 0.845. The first-order valence-electron chi connectivity index (χ1n) is 7.62. The molecule has 0 saturated carbocycles. The molecular formula is C16H20ClN3O5. The molecule has 1 heterocycles. The van der Waals surface area contributed by atoms with Gasteiger partial charge in [-0.3, -0.25) is 9.59 Å². The number of carboxylic acid groups (broad SMARTS) is 1. The Morgan fingerprint density at radius 2 is 2.04 bits per heavy atom. The number of anilines is 1. The summed E-state index contributed by atoms with van der Waals surface area (Å²) in [5.41, 5.74) is 0.476. The van der Waals surface area contributed by atoms with Crippen LogP contribution in [0.2, 0.25) is 5.02 Å². The number of methoxy groups -OCH3 is 1. The minimum atomic E-state index is -0.922. The molecule has 1 aromatic carbocycles. The van der Waals surface area contributed by atoms with Crippen LogP contribution in [0.25, 0.3) is 0 Å². The SMILES string of the molecule is COc1c(NC(=O)N2CCC(C(=O)O)C2)cc(Cl)cc1C(=O)N(C)C. The molecule has 1 aromatic rings. The van der Waals surface area contributed by atoms with E-state index in [1.807, 2.05) is 0 Å². The summed E-state index contributed by atoms with van der Waals surface area (Å²) in [5.74, 6) is -1.61. The van der Waals surface area contributed by atoms with E-state index in [1.54, 1.807) is 14.1 Å². The number of rotatable bonds is 4. The number of likely N-dealkylation sites (tertiary alicyclic amines) is 1. The van der Waals surface area contributed by atoms with Gasteiger partial charge in [0, 0.05) is 32.2 Å². The van der Waals surface area contributed by atoms with Crippen molar-refractivity contribution < 1.29 is 24.2 Å². The minimum absolute atomic E-state index is 0.132. The van der Waals surface area contributed by atoms with E-state index in [0.29, 0.717) is 13.0 Å². The van der Waals surface area contributed by atoms with Crippen molar-refractivity contribution in [3.63, 3.8) is 0 Å². The number of carbonyl (C=O) groups excluding carboxylic acids is 2. The van der Waals surface area contributed by atoms with Gasteiger partial charge in [-0.15, -0.1) is 0 Å². The summed E-state index contributed by atoms with van der Waals surface area (Å²) in [4.78, 5) is 38.5. The maximum absolute atomic E-state index is 12.4. The molecule has 0 aromatic heterocycles. The maximum atomic E-state index is 12.4. The Morgan fingerprint density at radius 1 is 1.36 bits per heavy atom. The first-order chi connectivity index (χ1) is 11.7. The van der Waals surface area contributed by atoms with Crippen LogP contribution in [0, 0.1) is 5.92 Å². The van der Waals surface area contributed by atoms with Crippen LogP contribution >= 0.6 is 11.6 Å². The number of hydrogen-bond donors (Lipinski definition) is 2. The van der Waals surface area contributed by atoms with Crippen molar-refractivity contribution >= 4 is 35.2 Å². The van der Waals surface area contributed by atoms with E-state index in [4.69, 9.17) is 21.4 Å². The molecule has 2 N–H and O–H groups in total. The van der Waals surface area contributed by atoms with Crippen LogP contribution in [-0.2, 0) is 4.79 Å². The second kappa shape index (κ2) is 7.60. The van der Waals surface area contributed by atoms with Crippen LogP contribution in [0.15, 0.2) is 12.1 Å². The summed E-state index contributed by atoms with van der Waals surface area (Å²) in [5, 5.41) is 12.0. The van der Waals surface area contributed by atoms with Gasteiger partial charge in [0.25, 0.3) is 5.91 Å². The molecule has 136 valence electrons. The highest BCUT2D eigenvalue weighted by molar-refractivity contribution is 6.31. The Labute approximate surface area is 150 Å². The first-order valence-corrected chi connectivity index (χ1v) is 8.00. The van der Waals surface area contributed by atoms with E-state index >= 15 is 0 Å². The molecule has 1 saturated heterocycles. The summed E-state index contributed by atoms with van der Waals surface area (Å²) in [6.07, 6.45) is 0.403. The normalized spacial score (nSPS) is 16.5. The lowest BCUT2D eigenvalue weighted by atomic mass is 10.1. The minimum Gasteiger partial charge on any atom is -0.494 e. The summed E-state index contributed by atoms with van der Waals surface area (Å²) in [6.45, 7) is 0.475. The van der Waals surface area contributed by atoms with E-state index in [0.717, 1.165) is 0 Å². The number of benzene rings is 1. The number of aliphatic carboxylic acids is 1. The molecule has 8 nitrogen and oxygen atoms in total. The summed E-state index contributed by atoms with van der Waals surface area (Å²) in [6, 6.07) is 2.48. The zero-order chi connectivity index (χ0) is 18.7. The molecule has 1 aliphatic heterocycles. The molecule has 0 aliphatic carbocycles. The summed E-state index contributed by atoms with van der Waals surface area (Å²) in [7, 11) is 4.58. The lowest BCUT2D eigenvalue weighted by Gasteiger charge is -2.20. The Balaban J connectivity index is 2.26. The predicted molar refractivity (Wildman–Crippen MR) is 92.4 cm³/mol. The van der Waals surface area contributed by atoms with Gasteiger partial charge in [-0.1, -0.05) is 11.6 Å². The van der Waals surface area contributed by atoms with Gasteiger partial charge in [0.15, 0.2) is 5.75 Å². The van der Waals surface area contributed by atoms with Gasteiger partial charge in [0.05, 0.1) is 24.3 Å². The lowest BCUT2D eigenvalue weighted by Crippen LogP contribution is -2.34. The van der Waals surface area contributed by atoms with Gasteiger partial charge in [0.2, 0.25) is 0 Å². The van der Waals surface area contributed by atoms with Crippen molar-refractivity contribution in [3.8, 4) is 5.75 Å². The zero-order valence-electron chi connectivity index (χ0n) is 14.2. The number of urea groups is 1. The molecule has 0 spiro atoms. The Bertz CT molecular complexity index is 707. The molecule has 1 aliphatic rings. The van der Waals surface area contributed by atoms with Crippen LogP contribution in [0.5, 0.6) is 5.75 Å². The van der Waals surface area contributed by atoms with Crippen LogP contribution in [0.1, 0.15) is 16.8 Å². The number of nitrogens with zero attached hydrogens (tertiary/aromatic N) is 2. The fraction of sp³-hybridized carbons (Fsp3) is 0.438. The van der Waals surface area contributed by atoms with Crippen molar-refractivity contribution in [1.29, 1.82) is 0 Å². The molecule has 1 atom stereocenters. The van der Waals surface area contributed by atoms with Gasteiger partial charge < -0.3 is 25.0 Å². The summed E-state index contributed by atoms with van der Waals surface area (Å²) >= 11 is 6.07. The average Bonchev–Trinajstić information content (AvgIpc) is 3.03. The molecule has 9 heteroatoms. The number of amides is 3. The fourth-order valence-electron chi connectivity index (χ4n) is 2.65. The van der Waals surface area contributed by atoms with E-state index in [1.165, 1.54) is 29.0 Å². The molecular weight excluding hydrogens is 350 g/mol. The van der Waals surface area contributed by atoms with Gasteiger partial charge in [-0.05, 0) is 18.6 Å². The number of ether oxygens (including phenoxy) is 1. The van der Waals surface area contributed by atoms with Gasteiger partial charge >= 0.3 is 12.0 Å². The number of hydrogen-bond acceptors (Lipinski definition) is 4. The molecule has 0 bridgehead atoms. The third-order valence-corrected chi connectivity index (χ3v) is 4.18. The van der Waals surface area contributed by atoms with Crippen molar-refractivity contribution in [1.82, 2.24) is 9.80 Å². The number of nitrogens with one attached hydrogen (secondary N) is 1. The Morgan fingerprint density at radius 3 is 2.56 bits per heavy atom. The number of halogens is 1. The van der Waals surface area contributed by atoms with Crippen molar-refractivity contribution in [2.24, 2.45) is 5.92 Å². The highest BCUT2D eigenvalue weighted by Gasteiger charge is 2.31. The van der Waals surface area contributed by atoms with Gasteiger partial charge in [0.1, 0.15) is 0 Å². The van der Waals surface area contributed by atoms with E-state index in [-0.39, 0.29) is 34.5 Å².